The molecular weight excluding hydrogens is 238 g/mol. The van der Waals surface area contributed by atoms with Crippen molar-refractivity contribution in [2.75, 3.05) is 17.4 Å². The van der Waals surface area contributed by atoms with Crippen LogP contribution in [0.4, 0.5) is 5.69 Å². The van der Waals surface area contributed by atoms with Gasteiger partial charge in [-0.15, -0.1) is 0 Å². The van der Waals surface area contributed by atoms with Gasteiger partial charge in [0.1, 0.15) is 0 Å². The third-order valence-electron chi connectivity index (χ3n) is 2.91. The fraction of sp³-hybridized carbons (Fsp3) is 0.455. The van der Waals surface area contributed by atoms with Gasteiger partial charge in [0, 0.05) is 6.54 Å². The normalized spacial score (nSPS) is 22.9. The molecule has 5 nitrogen and oxygen atoms in total. The van der Waals surface area contributed by atoms with Gasteiger partial charge in [-0.2, -0.15) is 13.1 Å². The smallest absolute Gasteiger partial charge is 0.301 e. The maximum atomic E-state index is 11.8. The van der Waals surface area contributed by atoms with Crippen molar-refractivity contribution in [3.05, 3.63) is 29.8 Å². The molecule has 0 spiro atoms. The lowest BCUT2D eigenvalue weighted by atomic mass is 10.1. The Bertz CT molecular complexity index is 484. The zero-order valence-corrected chi connectivity index (χ0v) is 10.6. The fourth-order valence-corrected chi connectivity index (χ4v) is 3.37. The minimum atomic E-state index is -3.42. The second kappa shape index (κ2) is 4.64. The highest BCUT2D eigenvalue weighted by molar-refractivity contribution is 7.91. The van der Waals surface area contributed by atoms with Crippen molar-refractivity contribution in [2.24, 2.45) is 5.73 Å². The van der Waals surface area contributed by atoms with Crippen molar-refractivity contribution < 1.29 is 8.42 Å². The van der Waals surface area contributed by atoms with E-state index in [0.717, 1.165) is 6.42 Å². The van der Waals surface area contributed by atoms with Gasteiger partial charge in [-0.1, -0.05) is 19.1 Å². The fourth-order valence-electron chi connectivity index (χ4n) is 1.87. The Kier molecular flexibility index (Phi) is 3.37. The van der Waals surface area contributed by atoms with E-state index in [-0.39, 0.29) is 6.04 Å². The Hall–Kier alpha value is -1.11. The number of anilines is 1. The van der Waals surface area contributed by atoms with Crippen LogP contribution in [0.25, 0.3) is 0 Å². The van der Waals surface area contributed by atoms with Crippen LogP contribution in [0.15, 0.2) is 24.3 Å². The molecule has 3 N–H and O–H groups in total. The minimum absolute atomic E-state index is 0.203. The SMILES string of the molecule is CCc1ccc(N2CC(CN)NS2(=O)=O)cc1. The number of benzene rings is 1. The van der Waals surface area contributed by atoms with E-state index in [2.05, 4.69) is 11.6 Å². The van der Waals surface area contributed by atoms with Crippen LogP contribution >= 0.6 is 0 Å². The van der Waals surface area contributed by atoms with Crippen molar-refractivity contribution in [3.8, 4) is 0 Å². The van der Waals surface area contributed by atoms with Crippen molar-refractivity contribution in [3.63, 3.8) is 0 Å². The standard InChI is InChI=1S/C11H17N3O2S/c1-2-9-3-5-11(6-4-9)14-8-10(7-12)13-17(14,15)16/h3-6,10,13H,2,7-8,12H2,1H3. The molecule has 0 aliphatic carbocycles. The first-order chi connectivity index (χ1) is 8.06. The second-order valence-electron chi connectivity index (χ2n) is 4.11. The van der Waals surface area contributed by atoms with Crippen LogP contribution in [-0.2, 0) is 16.6 Å². The molecule has 1 aromatic carbocycles. The highest BCUT2D eigenvalue weighted by Gasteiger charge is 2.34. The summed E-state index contributed by atoms with van der Waals surface area (Å²) in [5, 5.41) is 0. The molecule has 0 bridgehead atoms. The lowest BCUT2D eigenvalue weighted by Gasteiger charge is -2.16. The van der Waals surface area contributed by atoms with E-state index in [0.29, 0.717) is 18.8 Å². The zero-order valence-electron chi connectivity index (χ0n) is 9.76. The zero-order chi connectivity index (χ0) is 12.5. The summed E-state index contributed by atoms with van der Waals surface area (Å²) in [5.74, 6) is 0. The van der Waals surface area contributed by atoms with Gasteiger partial charge in [0.25, 0.3) is 0 Å². The first-order valence-electron chi connectivity index (χ1n) is 5.66. The van der Waals surface area contributed by atoms with Crippen LogP contribution in [0.5, 0.6) is 0 Å². The van der Waals surface area contributed by atoms with Gasteiger partial charge in [-0.25, -0.2) is 0 Å². The minimum Gasteiger partial charge on any atom is -0.329 e. The Morgan fingerprint density at radius 1 is 1.41 bits per heavy atom. The highest BCUT2D eigenvalue weighted by atomic mass is 32.2. The molecule has 1 aromatic rings. The molecule has 1 unspecified atom stereocenters. The number of hydrogen-bond donors (Lipinski definition) is 2. The Balaban J connectivity index is 2.27. The monoisotopic (exact) mass is 255 g/mol. The summed E-state index contributed by atoms with van der Waals surface area (Å²) in [6.45, 7) is 2.76. The molecule has 1 aliphatic rings. The first-order valence-corrected chi connectivity index (χ1v) is 7.10. The number of nitrogens with two attached hydrogens (primary N) is 1. The number of rotatable bonds is 3. The number of hydrogen-bond acceptors (Lipinski definition) is 3. The lowest BCUT2D eigenvalue weighted by molar-refractivity contribution is 0.583. The van der Waals surface area contributed by atoms with Gasteiger partial charge in [-0.3, -0.25) is 4.31 Å². The molecule has 6 heteroatoms. The lowest BCUT2D eigenvalue weighted by Crippen LogP contribution is -2.33. The van der Waals surface area contributed by atoms with Gasteiger partial charge in [0.2, 0.25) is 0 Å². The Morgan fingerprint density at radius 3 is 2.53 bits per heavy atom. The average Bonchev–Trinajstić information content (AvgIpc) is 2.64. The number of aryl methyl sites for hydroxylation is 1. The summed E-state index contributed by atoms with van der Waals surface area (Å²) in [7, 11) is -3.42. The molecule has 1 aliphatic heterocycles. The van der Waals surface area contributed by atoms with Gasteiger partial charge < -0.3 is 5.73 Å². The third-order valence-corrected chi connectivity index (χ3v) is 4.48. The molecule has 0 aromatic heterocycles. The van der Waals surface area contributed by atoms with Crippen LogP contribution in [0.2, 0.25) is 0 Å². The molecule has 0 saturated carbocycles. The predicted octanol–water partition coefficient (Wildman–Crippen LogP) is 0.231. The van der Waals surface area contributed by atoms with Crippen molar-refractivity contribution in [2.45, 2.75) is 19.4 Å². The van der Waals surface area contributed by atoms with E-state index in [1.165, 1.54) is 9.87 Å². The second-order valence-corrected chi connectivity index (χ2v) is 5.73. The maximum absolute atomic E-state index is 11.8. The quantitative estimate of drug-likeness (QED) is 0.812. The van der Waals surface area contributed by atoms with Crippen molar-refractivity contribution >= 4 is 15.9 Å². The highest BCUT2D eigenvalue weighted by Crippen LogP contribution is 2.22. The van der Waals surface area contributed by atoms with E-state index >= 15 is 0 Å². The molecule has 1 fully saturated rings. The summed E-state index contributed by atoms with van der Waals surface area (Å²) in [6.07, 6.45) is 0.941. The number of nitrogens with one attached hydrogen (secondary N) is 1. The van der Waals surface area contributed by atoms with Crippen molar-refractivity contribution in [1.29, 1.82) is 0 Å². The first kappa shape index (κ1) is 12.3. The topological polar surface area (TPSA) is 75.4 Å². The van der Waals surface area contributed by atoms with Crippen LogP contribution in [0.3, 0.4) is 0 Å². The van der Waals surface area contributed by atoms with Gasteiger partial charge in [0.15, 0.2) is 0 Å². The molecule has 1 heterocycles. The van der Waals surface area contributed by atoms with E-state index < -0.39 is 10.2 Å². The molecule has 1 atom stereocenters. The van der Waals surface area contributed by atoms with E-state index in [4.69, 9.17) is 5.73 Å². The van der Waals surface area contributed by atoms with E-state index in [1.807, 2.05) is 24.3 Å². The van der Waals surface area contributed by atoms with Crippen molar-refractivity contribution in [1.82, 2.24) is 4.72 Å². The average molecular weight is 255 g/mol. The summed E-state index contributed by atoms with van der Waals surface area (Å²) in [6, 6.07) is 7.35. The Morgan fingerprint density at radius 2 is 2.06 bits per heavy atom. The van der Waals surface area contributed by atoms with E-state index in [1.54, 1.807) is 0 Å². The molecule has 2 rings (SSSR count). The predicted molar refractivity (Wildman–Crippen MR) is 68.1 cm³/mol. The third kappa shape index (κ3) is 2.43. The molecule has 17 heavy (non-hydrogen) atoms. The van der Waals surface area contributed by atoms with Crippen LogP contribution in [0, 0.1) is 0 Å². The van der Waals surface area contributed by atoms with Gasteiger partial charge >= 0.3 is 10.2 Å². The van der Waals surface area contributed by atoms with E-state index in [9.17, 15) is 8.42 Å². The largest absolute Gasteiger partial charge is 0.329 e. The Labute approximate surface area is 102 Å². The molecule has 1 saturated heterocycles. The van der Waals surface area contributed by atoms with Gasteiger partial charge in [0.05, 0.1) is 18.3 Å². The summed E-state index contributed by atoms with van der Waals surface area (Å²) in [4.78, 5) is 0. The summed E-state index contributed by atoms with van der Waals surface area (Å²) < 4.78 is 27.6. The number of nitrogens with zero attached hydrogens (tertiary/aromatic N) is 1. The molecular formula is C11H17N3O2S. The maximum Gasteiger partial charge on any atom is 0.301 e. The van der Waals surface area contributed by atoms with Crippen LogP contribution < -0.4 is 14.8 Å². The molecule has 0 radical (unpaired) electrons. The summed E-state index contributed by atoms with van der Waals surface area (Å²) in [5.41, 5.74) is 7.36. The molecule has 0 amide bonds. The summed E-state index contributed by atoms with van der Waals surface area (Å²) >= 11 is 0. The van der Waals surface area contributed by atoms with Crippen LogP contribution in [0.1, 0.15) is 12.5 Å². The van der Waals surface area contributed by atoms with Gasteiger partial charge in [-0.05, 0) is 24.1 Å². The van der Waals surface area contributed by atoms with Crippen LogP contribution in [-0.4, -0.2) is 27.5 Å². The molecule has 94 valence electrons.